The van der Waals surface area contributed by atoms with Crippen molar-refractivity contribution in [2.75, 3.05) is 5.32 Å². The molecule has 0 fully saturated rings. The lowest BCUT2D eigenvalue weighted by Gasteiger charge is -1.99. The van der Waals surface area contributed by atoms with Crippen molar-refractivity contribution in [1.82, 2.24) is 4.98 Å². The normalized spacial score (nSPS) is 10.2. The molecule has 76 valence electrons. The van der Waals surface area contributed by atoms with Gasteiger partial charge in [0.15, 0.2) is 0 Å². The molecule has 2 aromatic rings. The van der Waals surface area contributed by atoms with Crippen LogP contribution < -0.4 is 5.32 Å². The summed E-state index contributed by atoms with van der Waals surface area (Å²) in [5.74, 6) is 0.533. The number of rotatable bonds is 2. The number of hydrogen-bond acceptors (Lipinski definition) is 1. The maximum absolute atomic E-state index is 11.4. The third-order valence-corrected chi connectivity index (χ3v) is 2.17. The van der Waals surface area contributed by atoms with Gasteiger partial charge in [0, 0.05) is 16.5 Å². The molecule has 1 heterocycles. The summed E-state index contributed by atoms with van der Waals surface area (Å²) in [5, 5.41) is 3.82. The quantitative estimate of drug-likeness (QED) is 0.719. The molecule has 1 aromatic carbocycles. The van der Waals surface area contributed by atoms with E-state index in [4.69, 9.17) is 0 Å². The van der Waals surface area contributed by atoms with Crippen LogP contribution in [0.5, 0.6) is 0 Å². The molecule has 3 nitrogen and oxygen atoms in total. The maximum atomic E-state index is 11.4. The molecule has 1 aromatic heterocycles. The smallest absolute Gasteiger partial charge is 0.251 e. The largest absolute Gasteiger partial charge is 0.341 e. The molecule has 0 aliphatic carbocycles. The van der Waals surface area contributed by atoms with Crippen molar-refractivity contribution in [2.45, 2.75) is 6.92 Å². The van der Waals surface area contributed by atoms with Crippen LogP contribution in [0.25, 0.3) is 10.9 Å². The van der Waals surface area contributed by atoms with Gasteiger partial charge in [-0.1, -0.05) is 24.8 Å². The van der Waals surface area contributed by atoms with Crippen molar-refractivity contribution in [3.8, 4) is 0 Å². The first-order valence-electron chi connectivity index (χ1n) is 4.71. The summed E-state index contributed by atoms with van der Waals surface area (Å²) < 4.78 is 0. The number of para-hydroxylation sites is 1. The molecular weight excluding hydrogens is 188 g/mol. The summed E-state index contributed by atoms with van der Waals surface area (Å²) in [7, 11) is 0. The Labute approximate surface area is 87.8 Å². The predicted molar refractivity (Wildman–Crippen MR) is 61.7 cm³/mol. The van der Waals surface area contributed by atoms with Gasteiger partial charge in [0.25, 0.3) is 5.91 Å². The van der Waals surface area contributed by atoms with E-state index in [-0.39, 0.29) is 5.91 Å². The summed E-state index contributed by atoms with van der Waals surface area (Å²) in [6.45, 7) is 5.26. The Morgan fingerprint density at radius 2 is 2.13 bits per heavy atom. The fourth-order valence-corrected chi connectivity index (χ4v) is 1.37. The Balaban J connectivity index is 2.30. The Bertz CT molecular complexity index is 492. The minimum atomic E-state index is -0.165. The first kappa shape index (κ1) is 9.52. The second-order valence-electron chi connectivity index (χ2n) is 3.50. The molecular formula is C12H12N2O. The standard InChI is InChI=1S/C12H12N2O/c1-8(2)12(15)14-11-7-9-5-3-4-6-10(9)13-11/h3-7,13H,1H2,2H3,(H,14,15). The number of fused-ring (bicyclic) bond motifs is 1. The number of anilines is 1. The number of H-pyrrole nitrogens is 1. The first-order valence-corrected chi connectivity index (χ1v) is 4.71. The molecule has 0 saturated heterocycles. The molecule has 0 atom stereocenters. The summed E-state index contributed by atoms with van der Waals surface area (Å²) >= 11 is 0. The molecule has 2 rings (SSSR count). The van der Waals surface area contributed by atoms with Crippen LogP contribution in [0, 0.1) is 0 Å². The van der Waals surface area contributed by atoms with Crippen LogP contribution in [0.1, 0.15) is 6.92 Å². The van der Waals surface area contributed by atoms with Gasteiger partial charge in [0.2, 0.25) is 0 Å². The number of carbonyl (C=O) groups excluding carboxylic acids is 1. The van der Waals surface area contributed by atoms with Gasteiger partial charge in [-0.05, 0) is 19.1 Å². The fraction of sp³-hybridized carbons (Fsp3) is 0.0833. The topological polar surface area (TPSA) is 44.9 Å². The number of benzene rings is 1. The van der Waals surface area contributed by atoms with Gasteiger partial charge in [-0.25, -0.2) is 0 Å². The van der Waals surface area contributed by atoms with Gasteiger partial charge in [0.1, 0.15) is 5.82 Å². The van der Waals surface area contributed by atoms with E-state index in [1.54, 1.807) is 6.92 Å². The highest BCUT2D eigenvalue weighted by Crippen LogP contribution is 2.18. The van der Waals surface area contributed by atoms with Gasteiger partial charge < -0.3 is 10.3 Å². The van der Waals surface area contributed by atoms with E-state index in [0.29, 0.717) is 11.4 Å². The molecule has 3 heteroatoms. The molecule has 0 aliphatic rings. The molecule has 0 radical (unpaired) electrons. The fourth-order valence-electron chi connectivity index (χ4n) is 1.37. The second kappa shape index (κ2) is 3.61. The number of amides is 1. The average molecular weight is 200 g/mol. The van der Waals surface area contributed by atoms with E-state index in [2.05, 4.69) is 16.9 Å². The Hall–Kier alpha value is -2.03. The van der Waals surface area contributed by atoms with Crippen molar-refractivity contribution in [3.05, 3.63) is 42.5 Å². The Morgan fingerprint density at radius 3 is 2.80 bits per heavy atom. The van der Waals surface area contributed by atoms with Crippen LogP contribution in [0.3, 0.4) is 0 Å². The number of nitrogens with one attached hydrogen (secondary N) is 2. The van der Waals surface area contributed by atoms with Gasteiger partial charge in [-0.15, -0.1) is 0 Å². The van der Waals surface area contributed by atoms with Crippen LogP contribution in [0.2, 0.25) is 0 Å². The predicted octanol–water partition coefficient (Wildman–Crippen LogP) is 2.68. The lowest BCUT2D eigenvalue weighted by molar-refractivity contribution is -0.112. The number of carbonyl (C=O) groups is 1. The summed E-state index contributed by atoms with van der Waals surface area (Å²) in [6.07, 6.45) is 0. The summed E-state index contributed by atoms with van der Waals surface area (Å²) in [5.41, 5.74) is 1.50. The number of aromatic amines is 1. The molecule has 0 aliphatic heterocycles. The Morgan fingerprint density at radius 1 is 1.40 bits per heavy atom. The maximum Gasteiger partial charge on any atom is 0.251 e. The highest BCUT2D eigenvalue weighted by Gasteiger charge is 2.04. The van der Waals surface area contributed by atoms with Gasteiger partial charge >= 0.3 is 0 Å². The molecule has 1 amide bonds. The van der Waals surface area contributed by atoms with Crippen molar-refractivity contribution in [2.24, 2.45) is 0 Å². The van der Waals surface area contributed by atoms with Crippen molar-refractivity contribution in [3.63, 3.8) is 0 Å². The molecule has 0 spiro atoms. The van der Waals surface area contributed by atoms with E-state index in [9.17, 15) is 4.79 Å². The highest BCUT2D eigenvalue weighted by molar-refractivity contribution is 6.03. The lowest BCUT2D eigenvalue weighted by atomic mass is 10.2. The zero-order valence-corrected chi connectivity index (χ0v) is 8.50. The third-order valence-electron chi connectivity index (χ3n) is 2.17. The van der Waals surface area contributed by atoms with Crippen LogP contribution in [-0.2, 0) is 4.79 Å². The minimum Gasteiger partial charge on any atom is -0.341 e. The SMILES string of the molecule is C=C(C)C(=O)Nc1cc2ccccc2[nH]1. The van der Waals surface area contributed by atoms with Crippen LogP contribution >= 0.6 is 0 Å². The van der Waals surface area contributed by atoms with Crippen LogP contribution in [0.15, 0.2) is 42.5 Å². The summed E-state index contributed by atoms with van der Waals surface area (Å²) in [4.78, 5) is 14.5. The first-order chi connectivity index (χ1) is 7.16. The number of hydrogen-bond donors (Lipinski definition) is 2. The van der Waals surface area contributed by atoms with Crippen molar-refractivity contribution < 1.29 is 4.79 Å². The molecule has 15 heavy (non-hydrogen) atoms. The van der Waals surface area contributed by atoms with E-state index >= 15 is 0 Å². The average Bonchev–Trinajstić information content (AvgIpc) is 2.59. The second-order valence-corrected chi connectivity index (χ2v) is 3.50. The monoisotopic (exact) mass is 200 g/mol. The molecule has 0 unspecified atom stereocenters. The van der Waals surface area contributed by atoms with Crippen LogP contribution in [-0.4, -0.2) is 10.9 Å². The Kier molecular flexibility index (Phi) is 2.29. The minimum absolute atomic E-state index is 0.165. The lowest BCUT2D eigenvalue weighted by Crippen LogP contribution is -2.11. The molecule has 0 saturated carbocycles. The summed E-state index contributed by atoms with van der Waals surface area (Å²) in [6, 6.07) is 9.76. The van der Waals surface area contributed by atoms with E-state index in [1.807, 2.05) is 30.3 Å². The van der Waals surface area contributed by atoms with E-state index in [0.717, 1.165) is 10.9 Å². The van der Waals surface area contributed by atoms with Gasteiger partial charge in [-0.2, -0.15) is 0 Å². The van der Waals surface area contributed by atoms with Crippen molar-refractivity contribution >= 4 is 22.6 Å². The van der Waals surface area contributed by atoms with Crippen molar-refractivity contribution in [1.29, 1.82) is 0 Å². The number of aromatic nitrogens is 1. The third kappa shape index (κ3) is 1.91. The zero-order valence-electron chi connectivity index (χ0n) is 8.50. The molecule has 0 bridgehead atoms. The highest BCUT2D eigenvalue weighted by atomic mass is 16.1. The van der Waals surface area contributed by atoms with Gasteiger partial charge in [-0.3, -0.25) is 4.79 Å². The molecule has 2 N–H and O–H groups in total. The van der Waals surface area contributed by atoms with E-state index in [1.165, 1.54) is 0 Å². The van der Waals surface area contributed by atoms with Gasteiger partial charge in [0.05, 0.1) is 0 Å². The van der Waals surface area contributed by atoms with Crippen LogP contribution in [0.4, 0.5) is 5.82 Å². The zero-order chi connectivity index (χ0) is 10.8. The van der Waals surface area contributed by atoms with E-state index < -0.39 is 0 Å².